The van der Waals surface area contributed by atoms with Gasteiger partial charge >= 0.3 is 5.97 Å². The van der Waals surface area contributed by atoms with Gasteiger partial charge in [0, 0.05) is 13.6 Å². The van der Waals surface area contributed by atoms with Crippen LogP contribution in [0.1, 0.15) is 42.1 Å². The smallest absolute Gasteiger partial charge is 0.335 e. The number of unbranched alkanes of at least 4 members (excludes halogenated alkanes) is 2. The number of benzene rings is 1. The average Bonchev–Trinajstić information content (AvgIpc) is 2.39. The highest BCUT2D eigenvalue weighted by Gasteiger charge is 2.14. The van der Waals surface area contributed by atoms with Crippen molar-refractivity contribution in [3.8, 4) is 0 Å². The van der Waals surface area contributed by atoms with Gasteiger partial charge in [-0.25, -0.2) is 4.79 Å². The Morgan fingerprint density at radius 2 is 1.89 bits per heavy atom. The van der Waals surface area contributed by atoms with Crippen molar-refractivity contribution in [2.75, 3.05) is 13.6 Å². The summed E-state index contributed by atoms with van der Waals surface area (Å²) < 4.78 is 0. The molecule has 0 aliphatic rings. The van der Waals surface area contributed by atoms with Gasteiger partial charge in [-0.3, -0.25) is 4.79 Å². The van der Waals surface area contributed by atoms with Crippen LogP contribution in [0.3, 0.4) is 0 Å². The molecule has 1 N–H and O–H groups in total. The monoisotopic (exact) mass is 263 g/mol. The molecule has 1 amide bonds. The summed E-state index contributed by atoms with van der Waals surface area (Å²) in [6.45, 7) is 2.84. The van der Waals surface area contributed by atoms with E-state index in [4.69, 9.17) is 5.11 Å². The van der Waals surface area contributed by atoms with E-state index >= 15 is 0 Å². The highest BCUT2D eigenvalue weighted by molar-refractivity contribution is 5.91. The van der Waals surface area contributed by atoms with Crippen LogP contribution in [0.2, 0.25) is 0 Å². The minimum Gasteiger partial charge on any atom is -0.478 e. The molecule has 0 saturated carbocycles. The van der Waals surface area contributed by atoms with E-state index in [1.54, 1.807) is 30.1 Å². The second-order valence-corrected chi connectivity index (χ2v) is 4.66. The molecular weight excluding hydrogens is 242 g/mol. The van der Waals surface area contributed by atoms with Crippen LogP contribution in [-0.4, -0.2) is 35.5 Å². The fraction of sp³-hybridized carbons (Fsp3) is 0.467. The second kappa shape index (κ2) is 7.56. The Labute approximate surface area is 114 Å². The number of hydrogen-bond donors (Lipinski definition) is 1. The lowest BCUT2D eigenvalue weighted by atomic mass is 10.0. The first kappa shape index (κ1) is 15.2. The maximum absolute atomic E-state index is 12.0. The van der Waals surface area contributed by atoms with Gasteiger partial charge in [0.2, 0.25) is 5.91 Å². The van der Waals surface area contributed by atoms with Crippen LogP contribution in [0.15, 0.2) is 24.3 Å². The van der Waals surface area contributed by atoms with Gasteiger partial charge in [-0.15, -0.1) is 0 Å². The maximum Gasteiger partial charge on any atom is 0.335 e. The van der Waals surface area contributed by atoms with Crippen LogP contribution in [-0.2, 0) is 11.2 Å². The molecule has 0 fully saturated rings. The van der Waals surface area contributed by atoms with Crippen LogP contribution < -0.4 is 0 Å². The average molecular weight is 263 g/mol. The normalized spacial score (nSPS) is 10.2. The van der Waals surface area contributed by atoms with Crippen LogP contribution in [0.4, 0.5) is 0 Å². The molecular formula is C15H21NO3. The van der Waals surface area contributed by atoms with Crippen LogP contribution in [0.5, 0.6) is 0 Å². The summed E-state index contributed by atoms with van der Waals surface area (Å²) in [5.41, 5.74) is 0.778. The van der Waals surface area contributed by atoms with Crippen molar-refractivity contribution in [1.82, 2.24) is 4.90 Å². The van der Waals surface area contributed by atoms with Gasteiger partial charge in [0.05, 0.1) is 12.0 Å². The Hall–Kier alpha value is -1.84. The van der Waals surface area contributed by atoms with Gasteiger partial charge < -0.3 is 10.0 Å². The van der Waals surface area contributed by atoms with Crippen molar-refractivity contribution >= 4 is 11.9 Å². The van der Waals surface area contributed by atoms with Gasteiger partial charge in [0.15, 0.2) is 0 Å². The molecule has 0 bridgehead atoms. The fourth-order valence-corrected chi connectivity index (χ4v) is 1.90. The first-order chi connectivity index (χ1) is 9.06. The Morgan fingerprint density at radius 3 is 2.53 bits per heavy atom. The molecule has 104 valence electrons. The lowest BCUT2D eigenvalue weighted by Crippen LogP contribution is -2.29. The van der Waals surface area contributed by atoms with Crippen LogP contribution in [0.25, 0.3) is 0 Å². The molecule has 0 spiro atoms. The van der Waals surface area contributed by atoms with Crippen LogP contribution >= 0.6 is 0 Å². The summed E-state index contributed by atoms with van der Waals surface area (Å²) in [6, 6.07) is 6.65. The molecule has 0 aliphatic carbocycles. The van der Waals surface area contributed by atoms with E-state index in [9.17, 15) is 9.59 Å². The van der Waals surface area contributed by atoms with E-state index in [0.717, 1.165) is 25.8 Å². The molecule has 0 unspecified atom stereocenters. The molecule has 0 atom stereocenters. The summed E-state index contributed by atoms with van der Waals surface area (Å²) >= 11 is 0. The molecule has 1 aromatic rings. The lowest BCUT2D eigenvalue weighted by molar-refractivity contribution is -0.129. The number of rotatable bonds is 7. The van der Waals surface area contributed by atoms with Crippen molar-refractivity contribution in [3.63, 3.8) is 0 Å². The summed E-state index contributed by atoms with van der Waals surface area (Å²) in [6.07, 6.45) is 3.34. The molecule has 0 saturated heterocycles. The minimum absolute atomic E-state index is 0.0372. The topological polar surface area (TPSA) is 57.6 Å². The molecule has 0 aliphatic heterocycles. The van der Waals surface area contributed by atoms with E-state index in [-0.39, 0.29) is 17.9 Å². The number of carbonyl (C=O) groups excluding carboxylic acids is 1. The summed E-state index contributed by atoms with van der Waals surface area (Å²) in [5, 5.41) is 9.07. The predicted octanol–water partition coefficient (Wildman–Crippen LogP) is 2.58. The van der Waals surface area contributed by atoms with E-state index in [1.165, 1.54) is 6.07 Å². The molecule has 1 rings (SSSR count). The van der Waals surface area contributed by atoms with Gasteiger partial charge in [-0.1, -0.05) is 38.0 Å². The third-order valence-electron chi connectivity index (χ3n) is 3.11. The predicted molar refractivity (Wildman–Crippen MR) is 74.3 cm³/mol. The number of hydrogen-bond acceptors (Lipinski definition) is 2. The molecule has 0 aromatic heterocycles. The zero-order valence-corrected chi connectivity index (χ0v) is 11.6. The highest BCUT2D eigenvalue weighted by Crippen LogP contribution is 2.11. The zero-order valence-electron chi connectivity index (χ0n) is 11.6. The number of aromatic carboxylic acids is 1. The SMILES string of the molecule is CCCCCN(C)C(=O)Cc1ccccc1C(=O)O. The van der Waals surface area contributed by atoms with Gasteiger partial charge in [-0.2, -0.15) is 0 Å². The van der Waals surface area contributed by atoms with E-state index in [1.807, 2.05) is 0 Å². The van der Waals surface area contributed by atoms with E-state index in [2.05, 4.69) is 6.92 Å². The van der Waals surface area contributed by atoms with E-state index in [0.29, 0.717) is 5.56 Å². The Balaban J connectivity index is 2.64. The number of carboxylic acids is 1. The quantitative estimate of drug-likeness (QED) is 0.769. The zero-order chi connectivity index (χ0) is 14.3. The van der Waals surface area contributed by atoms with Gasteiger partial charge in [-0.05, 0) is 18.1 Å². The first-order valence-electron chi connectivity index (χ1n) is 6.61. The Morgan fingerprint density at radius 1 is 1.21 bits per heavy atom. The number of likely N-dealkylation sites (N-methyl/N-ethyl adjacent to an activating group) is 1. The van der Waals surface area contributed by atoms with Crippen molar-refractivity contribution in [2.24, 2.45) is 0 Å². The van der Waals surface area contributed by atoms with Crippen molar-refractivity contribution in [2.45, 2.75) is 32.6 Å². The van der Waals surface area contributed by atoms with Gasteiger partial charge in [0.25, 0.3) is 0 Å². The van der Waals surface area contributed by atoms with Crippen LogP contribution in [0, 0.1) is 0 Å². The third-order valence-corrected chi connectivity index (χ3v) is 3.11. The molecule has 19 heavy (non-hydrogen) atoms. The first-order valence-corrected chi connectivity index (χ1v) is 6.61. The number of carbonyl (C=O) groups is 2. The van der Waals surface area contributed by atoms with Crippen molar-refractivity contribution < 1.29 is 14.7 Å². The Bertz CT molecular complexity index is 443. The largest absolute Gasteiger partial charge is 0.478 e. The molecule has 0 radical (unpaired) electrons. The summed E-state index contributed by atoms with van der Waals surface area (Å²) in [7, 11) is 1.77. The number of amides is 1. The number of nitrogens with zero attached hydrogens (tertiary/aromatic N) is 1. The minimum atomic E-state index is -0.989. The lowest BCUT2D eigenvalue weighted by Gasteiger charge is -2.17. The second-order valence-electron chi connectivity index (χ2n) is 4.66. The standard InChI is InChI=1S/C15H21NO3/c1-3-4-7-10-16(2)14(17)11-12-8-5-6-9-13(12)15(18)19/h5-6,8-9H,3-4,7,10-11H2,1-2H3,(H,18,19). The van der Waals surface area contributed by atoms with E-state index < -0.39 is 5.97 Å². The Kier molecular flexibility index (Phi) is 6.06. The number of carboxylic acid groups (broad SMARTS) is 1. The van der Waals surface area contributed by atoms with Crippen molar-refractivity contribution in [1.29, 1.82) is 0 Å². The summed E-state index contributed by atoms with van der Waals surface area (Å²) in [5.74, 6) is -1.03. The molecule has 4 heteroatoms. The fourth-order valence-electron chi connectivity index (χ4n) is 1.90. The highest BCUT2D eigenvalue weighted by atomic mass is 16.4. The molecule has 1 aromatic carbocycles. The third kappa shape index (κ3) is 4.73. The maximum atomic E-state index is 12.0. The molecule has 4 nitrogen and oxygen atoms in total. The summed E-state index contributed by atoms with van der Waals surface area (Å²) in [4.78, 5) is 24.7. The molecule has 0 heterocycles. The van der Waals surface area contributed by atoms with Gasteiger partial charge in [0.1, 0.15) is 0 Å². The van der Waals surface area contributed by atoms with Crippen molar-refractivity contribution in [3.05, 3.63) is 35.4 Å².